The van der Waals surface area contributed by atoms with Crippen molar-refractivity contribution in [1.29, 1.82) is 0 Å². The van der Waals surface area contributed by atoms with E-state index >= 15 is 0 Å². The first-order valence-corrected chi connectivity index (χ1v) is 7.64. The number of benzene rings is 2. The Balaban J connectivity index is 2.62. The van der Waals surface area contributed by atoms with Gasteiger partial charge in [-0.3, -0.25) is 4.79 Å². The molecule has 3 nitrogen and oxygen atoms in total. The number of alkyl halides is 9. The van der Waals surface area contributed by atoms with Crippen molar-refractivity contribution >= 4 is 11.6 Å². The number of hydrogen-bond acceptors (Lipinski definition) is 2. The van der Waals surface area contributed by atoms with Crippen LogP contribution < -0.4 is 10.6 Å². The third kappa shape index (κ3) is 4.57. The smallest absolute Gasteiger partial charge is 0.347 e. The summed E-state index contributed by atoms with van der Waals surface area (Å²) in [6, 6.07) is 7.91. The predicted octanol–water partition coefficient (Wildman–Crippen LogP) is 5.37. The number of amides is 1. The summed E-state index contributed by atoms with van der Waals surface area (Å²) in [6.07, 6.45) is -17.8. The highest BCUT2D eigenvalue weighted by atomic mass is 19.4. The van der Waals surface area contributed by atoms with E-state index in [4.69, 9.17) is 0 Å². The van der Waals surface area contributed by atoms with E-state index in [1.165, 1.54) is 18.2 Å². The third-order valence-electron chi connectivity index (χ3n) is 3.74. The minimum atomic E-state index is -6.26. The predicted molar refractivity (Wildman–Crippen MR) is 83.8 cm³/mol. The molecule has 2 N–H and O–H groups in total. The molecular weight excluding hydrogens is 419 g/mol. The lowest BCUT2D eigenvalue weighted by Crippen LogP contribution is -2.72. The largest absolute Gasteiger partial charge is 0.439 e. The van der Waals surface area contributed by atoms with Gasteiger partial charge in [0.15, 0.2) is 0 Å². The maximum Gasteiger partial charge on any atom is 0.439 e. The highest BCUT2D eigenvalue weighted by Crippen LogP contribution is 2.45. The zero-order chi connectivity index (χ0) is 22.1. The van der Waals surface area contributed by atoms with Crippen LogP contribution >= 0.6 is 0 Å². The second kappa shape index (κ2) is 7.48. The van der Waals surface area contributed by atoms with Gasteiger partial charge in [0, 0.05) is 11.3 Å². The van der Waals surface area contributed by atoms with Crippen molar-refractivity contribution in [3.05, 3.63) is 65.7 Å². The number of halogens is 9. The molecule has 1 amide bonds. The molecule has 0 bridgehead atoms. The Kier molecular flexibility index (Phi) is 5.77. The fraction of sp³-hybridized carbons (Fsp3) is 0.235. The third-order valence-corrected chi connectivity index (χ3v) is 3.74. The quantitative estimate of drug-likeness (QED) is 0.506. The first-order valence-electron chi connectivity index (χ1n) is 7.64. The molecule has 0 atom stereocenters. The molecule has 0 aromatic heterocycles. The van der Waals surface area contributed by atoms with Crippen LogP contribution in [0.2, 0.25) is 0 Å². The van der Waals surface area contributed by atoms with E-state index < -0.39 is 46.9 Å². The number of para-hydroxylation sites is 1. The van der Waals surface area contributed by atoms with Crippen LogP contribution in [0.4, 0.5) is 45.2 Å². The number of rotatable bonds is 4. The molecule has 0 spiro atoms. The number of carbonyl (C=O) groups is 1. The van der Waals surface area contributed by atoms with Gasteiger partial charge in [-0.15, -0.1) is 0 Å². The van der Waals surface area contributed by atoms with Gasteiger partial charge in [0.25, 0.3) is 5.91 Å². The lowest BCUT2D eigenvalue weighted by molar-refractivity contribution is -0.294. The lowest BCUT2D eigenvalue weighted by atomic mass is 10.0. The maximum absolute atomic E-state index is 13.6. The summed E-state index contributed by atoms with van der Waals surface area (Å²) in [4.78, 5) is 12.1. The van der Waals surface area contributed by atoms with E-state index in [1.54, 1.807) is 0 Å². The molecule has 0 aliphatic rings. The molecule has 0 unspecified atom stereocenters. The van der Waals surface area contributed by atoms with Gasteiger partial charge < -0.3 is 10.6 Å². The first-order chi connectivity index (χ1) is 13.2. The van der Waals surface area contributed by atoms with Crippen molar-refractivity contribution < 1.29 is 44.3 Å². The Hall–Kier alpha value is -2.92. The van der Waals surface area contributed by atoms with Crippen LogP contribution in [0.25, 0.3) is 0 Å². The molecule has 2 rings (SSSR count). The molecule has 0 saturated heterocycles. The maximum atomic E-state index is 13.6. The molecule has 158 valence electrons. The summed E-state index contributed by atoms with van der Waals surface area (Å²) in [5.74, 6) is -1.79. The van der Waals surface area contributed by atoms with Gasteiger partial charge in [-0.1, -0.05) is 30.3 Å². The molecule has 0 aliphatic carbocycles. The van der Waals surface area contributed by atoms with Crippen LogP contribution in [0.15, 0.2) is 54.6 Å². The average Bonchev–Trinajstić information content (AvgIpc) is 2.59. The second-order valence-electron chi connectivity index (χ2n) is 5.73. The normalized spacial score (nSPS) is 13.1. The van der Waals surface area contributed by atoms with Gasteiger partial charge in [0.1, 0.15) is 0 Å². The van der Waals surface area contributed by atoms with Crippen molar-refractivity contribution in [3.8, 4) is 0 Å². The molecular formula is C17H11F9N2O. The van der Waals surface area contributed by atoms with Gasteiger partial charge in [-0.2, -0.15) is 39.5 Å². The van der Waals surface area contributed by atoms with Crippen LogP contribution in [-0.4, -0.2) is 23.9 Å². The zero-order valence-corrected chi connectivity index (χ0v) is 14.0. The van der Waals surface area contributed by atoms with E-state index in [2.05, 4.69) is 0 Å². The summed E-state index contributed by atoms with van der Waals surface area (Å²) in [5, 5.41) is 1.63. The summed E-state index contributed by atoms with van der Waals surface area (Å²) >= 11 is 0. The van der Waals surface area contributed by atoms with Crippen LogP contribution in [0.3, 0.4) is 0 Å². The van der Waals surface area contributed by atoms with E-state index in [9.17, 15) is 44.3 Å². The Bertz CT molecular complexity index is 844. The van der Waals surface area contributed by atoms with Gasteiger partial charge in [-0.25, -0.2) is 0 Å². The molecule has 2 aromatic rings. The van der Waals surface area contributed by atoms with E-state index in [-0.39, 0.29) is 0 Å². The summed E-state index contributed by atoms with van der Waals surface area (Å²) in [6.45, 7) is 0. The van der Waals surface area contributed by atoms with E-state index in [0.29, 0.717) is 12.1 Å². The minimum absolute atomic E-state index is 0.304. The summed E-state index contributed by atoms with van der Waals surface area (Å²) in [5.41, 5.74) is -9.03. The first kappa shape index (κ1) is 22.4. The van der Waals surface area contributed by atoms with Crippen molar-refractivity contribution in [1.82, 2.24) is 5.32 Å². The monoisotopic (exact) mass is 430 g/mol. The van der Waals surface area contributed by atoms with E-state index in [0.717, 1.165) is 34.9 Å². The molecule has 0 heterocycles. The van der Waals surface area contributed by atoms with Gasteiger partial charge in [0.2, 0.25) is 0 Å². The van der Waals surface area contributed by atoms with Crippen LogP contribution in [0.5, 0.6) is 0 Å². The molecule has 0 aliphatic heterocycles. The summed E-state index contributed by atoms with van der Waals surface area (Å²) in [7, 11) is 0. The molecule has 29 heavy (non-hydrogen) atoms. The molecule has 0 fully saturated rings. The fourth-order valence-corrected chi connectivity index (χ4v) is 2.35. The number of carbonyl (C=O) groups excluding carboxylic acids is 1. The number of nitrogens with one attached hydrogen (secondary N) is 2. The van der Waals surface area contributed by atoms with E-state index in [1.807, 2.05) is 0 Å². The highest BCUT2D eigenvalue weighted by molar-refractivity contribution is 5.95. The molecule has 12 heteroatoms. The highest BCUT2D eigenvalue weighted by Gasteiger charge is 2.73. The second-order valence-corrected chi connectivity index (χ2v) is 5.73. The standard InChI is InChI=1S/C17H11F9N2O/c18-14(19,20)11-8-4-5-9-12(11)27-15(16(21,22)23,17(24,25)26)28-13(29)10-6-2-1-3-7-10/h1-9,27H,(H,28,29). The van der Waals surface area contributed by atoms with Crippen LogP contribution in [0.1, 0.15) is 15.9 Å². The fourth-order valence-electron chi connectivity index (χ4n) is 2.35. The average molecular weight is 430 g/mol. The lowest BCUT2D eigenvalue weighted by Gasteiger charge is -2.39. The molecule has 2 aromatic carbocycles. The molecule has 0 radical (unpaired) electrons. The Morgan fingerprint density at radius 1 is 0.690 bits per heavy atom. The minimum Gasteiger partial charge on any atom is -0.347 e. The van der Waals surface area contributed by atoms with Gasteiger partial charge in [0.05, 0.1) is 5.56 Å². The SMILES string of the molecule is O=C(NC(Nc1ccccc1C(F)(F)F)(C(F)(F)F)C(F)(F)F)c1ccccc1. The van der Waals surface area contributed by atoms with Crippen molar-refractivity contribution in [2.24, 2.45) is 0 Å². The van der Waals surface area contributed by atoms with Crippen molar-refractivity contribution in [2.75, 3.05) is 5.32 Å². The topological polar surface area (TPSA) is 41.1 Å². The van der Waals surface area contributed by atoms with Crippen molar-refractivity contribution in [3.63, 3.8) is 0 Å². The Morgan fingerprint density at radius 2 is 1.17 bits per heavy atom. The van der Waals surface area contributed by atoms with Gasteiger partial charge in [-0.05, 0) is 24.3 Å². The zero-order valence-electron chi connectivity index (χ0n) is 14.0. The van der Waals surface area contributed by atoms with Crippen LogP contribution in [-0.2, 0) is 6.18 Å². The number of hydrogen-bond donors (Lipinski definition) is 2. The summed E-state index contributed by atoms with van der Waals surface area (Å²) < 4.78 is 121. The Morgan fingerprint density at radius 3 is 1.66 bits per heavy atom. The van der Waals surface area contributed by atoms with Crippen molar-refractivity contribution in [2.45, 2.75) is 24.2 Å². The van der Waals surface area contributed by atoms with Gasteiger partial charge >= 0.3 is 24.2 Å². The van der Waals surface area contributed by atoms with Crippen LogP contribution in [0, 0.1) is 0 Å². The Labute approximate surface area is 157 Å². The number of anilines is 1. The molecule has 0 saturated carbocycles.